The van der Waals surface area contributed by atoms with Gasteiger partial charge in [0.15, 0.2) is 11.0 Å². The minimum absolute atomic E-state index is 0.0777. The van der Waals surface area contributed by atoms with Gasteiger partial charge in [0, 0.05) is 23.6 Å². The first-order chi connectivity index (χ1) is 15.1. The fourth-order valence-electron chi connectivity index (χ4n) is 3.09. The third kappa shape index (κ3) is 5.19. The van der Waals surface area contributed by atoms with Gasteiger partial charge < -0.3 is 5.32 Å². The molecule has 0 saturated heterocycles. The maximum absolute atomic E-state index is 12.7. The number of aryl methyl sites for hydroxylation is 1. The Morgan fingerprint density at radius 3 is 2.52 bits per heavy atom. The molecule has 0 bridgehead atoms. The van der Waals surface area contributed by atoms with Crippen LogP contribution in [0.2, 0.25) is 0 Å². The van der Waals surface area contributed by atoms with Crippen LogP contribution in [-0.2, 0) is 11.3 Å². The average molecular weight is 430 g/mol. The second-order valence-corrected chi connectivity index (χ2v) is 8.54. The molecule has 7 heteroatoms. The van der Waals surface area contributed by atoms with E-state index in [1.807, 2.05) is 73.0 Å². The molecule has 1 amide bonds. The fraction of sp³-hybridized carbons (Fsp3) is 0.167. The lowest BCUT2D eigenvalue weighted by Crippen LogP contribution is -2.23. The summed E-state index contributed by atoms with van der Waals surface area (Å²) >= 11 is 1.39. The number of thioether (sulfide) groups is 1. The van der Waals surface area contributed by atoms with Crippen molar-refractivity contribution in [2.75, 3.05) is 5.32 Å². The molecular weight excluding hydrogens is 406 g/mol. The molecule has 6 nitrogen and oxygen atoms in total. The highest BCUT2D eigenvalue weighted by atomic mass is 32.2. The molecule has 0 spiro atoms. The van der Waals surface area contributed by atoms with Crippen LogP contribution in [-0.4, -0.2) is 30.9 Å². The van der Waals surface area contributed by atoms with Gasteiger partial charge in [-0.15, -0.1) is 10.2 Å². The SMILES string of the molecule is Cc1ccc(NC(=O)[C@@H](C)Sc2nnc(-c3cccnc3)n2Cc2ccccc2)cc1. The second kappa shape index (κ2) is 9.57. The van der Waals surface area contributed by atoms with Crippen LogP contribution in [0.3, 0.4) is 0 Å². The molecular formula is C24H23N5OS. The predicted molar refractivity (Wildman–Crippen MR) is 124 cm³/mol. The number of nitrogens with zero attached hydrogens (tertiary/aromatic N) is 4. The highest BCUT2D eigenvalue weighted by molar-refractivity contribution is 8.00. The Kier molecular flexibility index (Phi) is 6.43. The van der Waals surface area contributed by atoms with E-state index in [0.29, 0.717) is 11.7 Å². The van der Waals surface area contributed by atoms with Gasteiger partial charge in [0.2, 0.25) is 5.91 Å². The first kappa shape index (κ1) is 20.8. The van der Waals surface area contributed by atoms with Crippen molar-refractivity contribution in [1.29, 1.82) is 0 Å². The quantitative estimate of drug-likeness (QED) is 0.427. The summed E-state index contributed by atoms with van der Waals surface area (Å²) in [7, 11) is 0. The molecule has 0 aliphatic carbocycles. The van der Waals surface area contributed by atoms with Gasteiger partial charge in [-0.3, -0.25) is 14.3 Å². The average Bonchev–Trinajstić information content (AvgIpc) is 3.18. The van der Waals surface area contributed by atoms with Gasteiger partial charge >= 0.3 is 0 Å². The monoisotopic (exact) mass is 429 g/mol. The van der Waals surface area contributed by atoms with E-state index in [1.165, 1.54) is 11.8 Å². The van der Waals surface area contributed by atoms with Crippen molar-refractivity contribution in [3.05, 3.63) is 90.3 Å². The van der Waals surface area contributed by atoms with Crippen molar-refractivity contribution in [2.45, 2.75) is 30.8 Å². The minimum atomic E-state index is -0.346. The Labute approximate surface area is 185 Å². The number of anilines is 1. The lowest BCUT2D eigenvalue weighted by molar-refractivity contribution is -0.115. The molecule has 4 rings (SSSR count). The van der Waals surface area contributed by atoms with Crippen LogP contribution in [0.1, 0.15) is 18.1 Å². The smallest absolute Gasteiger partial charge is 0.237 e. The predicted octanol–water partition coefficient (Wildman–Crippen LogP) is 4.82. The summed E-state index contributed by atoms with van der Waals surface area (Å²) in [6.45, 7) is 4.50. The molecule has 31 heavy (non-hydrogen) atoms. The zero-order valence-corrected chi connectivity index (χ0v) is 18.2. The van der Waals surface area contributed by atoms with Crippen molar-refractivity contribution in [2.24, 2.45) is 0 Å². The number of hydrogen-bond acceptors (Lipinski definition) is 5. The minimum Gasteiger partial charge on any atom is -0.325 e. The van der Waals surface area contributed by atoms with Crippen LogP contribution in [0.25, 0.3) is 11.4 Å². The summed E-state index contributed by atoms with van der Waals surface area (Å²) < 4.78 is 2.03. The molecule has 1 atom stereocenters. The van der Waals surface area contributed by atoms with E-state index in [1.54, 1.807) is 12.4 Å². The number of hydrogen-bond donors (Lipinski definition) is 1. The molecule has 156 valence electrons. The molecule has 2 aromatic heterocycles. The molecule has 0 radical (unpaired) electrons. The fourth-order valence-corrected chi connectivity index (χ4v) is 3.93. The van der Waals surface area contributed by atoms with Gasteiger partial charge in [-0.25, -0.2) is 0 Å². The van der Waals surface area contributed by atoms with Gasteiger partial charge in [0.25, 0.3) is 0 Å². The zero-order chi connectivity index (χ0) is 21.6. The van der Waals surface area contributed by atoms with Crippen molar-refractivity contribution >= 4 is 23.4 Å². The highest BCUT2D eigenvalue weighted by Crippen LogP contribution is 2.28. The van der Waals surface area contributed by atoms with E-state index < -0.39 is 0 Å². The summed E-state index contributed by atoms with van der Waals surface area (Å²) in [4.78, 5) is 17.0. The molecule has 0 fully saturated rings. The number of rotatable bonds is 7. The number of carbonyl (C=O) groups is 1. The lowest BCUT2D eigenvalue weighted by Gasteiger charge is -2.14. The molecule has 2 aromatic carbocycles. The highest BCUT2D eigenvalue weighted by Gasteiger charge is 2.21. The normalized spacial score (nSPS) is 11.8. The Balaban J connectivity index is 1.57. The molecule has 0 unspecified atom stereocenters. The summed E-state index contributed by atoms with van der Waals surface area (Å²) in [6.07, 6.45) is 3.50. The molecule has 1 N–H and O–H groups in total. The number of benzene rings is 2. The maximum atomic E-state index is 12.7. The largest absolute Gasteiger partial charge is 0.325 e. The third-order valence-corrected chi connectivity index (χ3v) is 5.87. The summed E-state index contributed by atoms with van der Waals surface area (Å²) in [5.74, 6) is 0.650. The molecule has 2 heterocycles. The van der Waals surface area contributed by atoms with E-state index in [2.05, 4.69) is 32.6 Å². The van der Waals surface area contributed by atoms with Gasteiger partial charge in [-0.05, 0) is 43.7 Å². The van der Waals surface area contributed by atoms with E-state index in [-0.39, 0.29) is 11.2 Å². The number of pyridine rings is 1. The number of aromatic nitrogens is 4. The van der Waals surface area contributed by atoms with Crippen LogP contribution < -0.4 is 5.32 Å². The molecule has 0 aliphatic rings. The maximum Gasteiger partial charge on any atom is 0.237 e. The van der Waals surface area contributed by atoms with Gasteiger partial charge in [-0.2, -0.15) is 0 Å². The van der Waals surface area contributed by atoms with E-state index >= 15 is 0 Å². The van der Waals surface area contributed by atoms with Crippen molar-refractivity contribution in [1.82, 2.24) is 19.7 Å². The van der Waals surface area contributed by atoms with Gasteiger partial charge in [-0.1, -0.05) is 59.8 Å². The van der Waals surface area contributed by atoms with E-state index in [4.69, 9.17) is 0 Å². The number of amides is 1. The third-order valence-electron chi connectivity index (χ3n) is 4.79. The Morgan fingerprint density at radius 1 is 1.03 bits per heavy atom. The zero-order valence-electron chi connectivity index (χ0n) is 17.4. The van der Waals surface area contributed by atoms with Crippen molar-refractivity contribution in [3.63, 3.8) is 0 Å². The van der Waals surface area contributed by atoms with Crippen molar-refractivity contribution < 1.29 is 4.79 Å². The van der Waals surface area contributed by atoms with E-state index in [9.17, 15) is 4.79 Å². The Bertz CT molecular complexity index is 1140. The molecule has 0 aliphatic heterocycles. The van der Waals surface area contributed by atoms with Gasteiger partial charge in [0.05, 0.1) is 11.8 Å². The Morgan fingerprint density at radius 2 is 1.81 bits per heavy atom. The van der Waals surface area contributed by atoms with Gasteiger partial charge in [0.1, 0.15) is 0 Å². The second-order valence-electron chi connectivity index (χ2n) is 7.23. The van der Waals surface area contributed by atoms with E-state index in [0.717, 1.165) is 28.2 Å². The standard InChI is InChI=1S/C24H23N5OS/c1-17-10-12-21(13-11-17)26-23(30)18(2)31-24-28-27-22(20-9-6-14-25-15-20)29(24)16-19-7-4-3-5-8-19/h3-15,18H,16H2,1-2H3,(H,26,30)/t18-/m1/s1. The van der Waals surface area contributed by atoms with Crippen LogP contribution in [0.4, 0.5) is 5.69 Å². The van der Waals surface area contributed by atoms with Crippen LogP contribution >= 0.6 is 11.8 Å². The molecule has 0 saturated carbocycles. The first-order valence-electron chi connectivity index (χ1n) is 10.0. The van der Waals surface area contributed by atoms with Crippen LogP contribution in [0, 0.1) is 6.92 Å². The number of nitrogens with one attached hydrogen (secondary N) is 1. The summed E-state index contributed by atoms with van der Waals surface area (Å²) in [6, 6.07) is 21.7. The van der Waals surface area contributed by atoms with Crippen molar-refractivity contribution in [3.8, 4) is 11.4 Å². The topological polar surface area (TPSA) is 72.7 Å². The lowest BCUT2D eigenvalue weighted by atomic mass is 10.2. The Hall–Kier alpha value is -3.45. The first-order valence-corrected chi connectivity index (χ1v) is 10.9. The van der Waals surface area contributed by atoms with Crippen LogP contribution in [0.5, 0.6) is 0 Å². The van der Waals surface area contributed by atoms with Crippen LogP contribution in [0.15, 0.2) is 84.3 Å². The number of carbonyl (C=O) groups excluding carboxylic acids is 1. The molecule has 4 aromatic rings. The summed E-state index contributed by atoms with van der Waals surface area (Å²) in [5, 5.41) is 12.1. The summed E-state index contributed by atoms with van der Waals surface area (Å²) in [5.41, 5.74) is 3.95.